The number of hydrogen-bond donors (Lipinski definition) is 1. The summed E-state index contributed by atoms with van der Waals surface area (Å²) in [6, 6.07) is 12.8. The number of rotatable bonds is 6. The topological polar surface area (TPSA) is 75.0 Å². The molecule has 0 fully saturated rings. The Bertz CT molecular complexity index is 799. The van der Waals surface area contributed by atoms with Crippen LogP contribution in [0.4, 0.5) is 0 Å². The molecule has 0 spiro atoms. The molecular weight excluding hydrogens is 332 g/mol. The van der Waals surface area contributed by atoms with E-state index < -0.39 is 6.10 Å². The lowest BCUT2D eigenvalue weighted by Crippen LogP contribution is -2.36. The van der Waals surface area contributed by atoms with Crippen molar-refractivity contribution in [1.29, 1.82) is 5.26 Å². The van der Waals surface area contributed by atoms with Crippen LogP contribution in [0.15, 0.2) is 36.4 Å². The number of ether oxygens (including phenoxy) is 3. The minimum Gasteiger partial charge on any atom is -0.496 e. The molecule has 2 aromatic carbocycles. The van der Waals surface area contributed by atoms with Crippen LogP contribution in [-0.4, -0.2) is 43.9 Å². The summed E-state index contributed by atoms with van der Waals surface area (Å²) >= 11 is 0. The summed E-state index contributed by atoms with van der Waals surface area (Å²) in [6.07, 6.45) is -0.640. The molecule has 0 saturated heterocycles. The van der Waals surface area contributed by atoms with E-state index in [1.165, 1.54) is 0 Å². The summed E-state index contributed by atoms with van der Waals surface area (Å²) < 4.78 is 16.6. The first-order valence-electron chi connectivity index (χ1n) is 8.43. The standard InChI is InChI=1S/C20H22N2O4/c1-24-18-7-8-19(25-2)20-16(18)12-22(13-17(20)23)9-10-26-15-5-3-14(11-21)4-6-15/h3-8,17,23H,9-10,12-13H2,1-2H3/t17-/m1/s1. The first-order valence-corrected chi connectivity index (χ1v) is 8.43. The Morgan fingerprint density at radius 3 is 2.46 bits per heavy atom. The van der Waals surface area contributed by atoms with Crippen LogP contribution >= 0.6 is 0 Å². The number of benzene rings is 2. The van der Waals surface area contributed by atoms with E-state index in [4.69, 9.17) is 19.5 Å². The van der Waals surface area contributed by atoms with Gasteiger partial charge in [-0.2, -0.15) is 5.26 Å². The van der Waals surface area contributed by atoms with Gasteiger partial charge in [0.05, 0.1) is 32.0 Å². The van der Waals surface area contributed by atoms with E-state index in [0.29, 0.717) is 37.6 Å². The first kappa shape index (κ1) is 18.1. The summed E-state index contributed by atoms with van der Waals surface area (Å²) in [7, 11) is 3.23. The highest BCUT2D eigenvalue weighted by Gasteiger charge is 2.29. The van der Waals surface area contributed by atoms with E-state index in [-0.39, 0.29) is 0 Å². The Morgan fingerprint density at radius 2 is 1.81 bits per heavy atom. The van der Waals surface area contributed by atoms with Crippen molar-refractivity contribution in [2.75, 3.05) is 33.9 Å². The zero-order chi connectivity index (χ0) is 18.5. The molecule has 1 N–H and O–H groups in total. The molecule has 0 saturated carbocycles. The number of fused-ring (bicyclic) bond motifs is 1. The quantitative estimate of drug-likeness (QED) is 0.859. The number of nitriles is 1. The Kier molecular flexibility index (Phi) is 5.61. The SMILES string of the molecule is COc1ccc(OC)c2c1CN(CCOc1ccc(C#N)cc1)C[C@H]2O. The highest BCUT2D eigenvalue weighted by molar-refractivity contribution is 5.51. The molecule has 0 aromatic heterocycles. The van der Waals surface area contributed by atoms with Gasteiger partial charge < -0.3 is 19.3 Å². The highest BCUT2D eigenvalue weighted by Crippen LogP contribution is 2.39. The van der Waals surface area contributed by atoms with Crippen molar-refractivity contribution in [3.05, 3.63) is 53.1 Å². The van der Waals surface area contributed by atoms with Gasteiger partial charge in [0.15, 0.2) is 0 Å². The maximum absolute atomic E-state index is 10.6. The van der Waals surface area contributed by atoms with Crippen LogP contribution in [0.5, 0.6) is 17.2 Å². The van der Waals surface area contributed by atoms with Crippen molar-refractivity contribution in [1.82, 2.24) is 4.90 Å². The van der Waals surface area contributed by atoms with Gasteiger partial charge in [-0.05, 0) is 36.4 Å². The highest BCUT2D eigenvalue weighted by atomic mass is 16.5. The fourth-order valence-electron chi connectivity index (χ4n) is 3.23. The van der Waals surface area contributed by atoms with Crippen LogP contribution in [0.1, 0.15) is 22.8 Å². The van der Waals surface area contributed by atoms with Gasteiger partial charge in [-0.1, -0.05) is 0 Å². The smallest absolute Gasteiger partial charge is 0.125 e. The molecule has 0 bridgehead atoms. The van der Waals surface area contributed by atoms with E-state index in [2.05, 4.69) is 11.0 Å². The predicted octanol–water partition coefficient (Wildman–Crippen LogP) is 2.50. The number of aliphatic hydroxyl groups is 1. The molecule has 0 aliphatic carbocycles. The zero-order valence-electron chi connectivity index (χ0n) is 14.9. The molecule has 26 heavy (non-hydrogen) atoms. The van der Waals surface area contributed by atoms with Crippen molar-refractivity contribution in [2.24, 2.45) is 0 Å². The molecular formula is C20H22N2O4. The van der Waals surface area contributed by atoms with Crippen LogP contribution in [0, 0.1) is 11.3 Å². The lowest BCUT2D eigenvalue weighted by molar-refractivity contribution is 0.0795. The minimum absolute atomic E-state index is 0.486. The molecule has 1 aliphatic rings. The molecule has 2 aromatic rings. The number of methoxy groups -OCH3 is 2. The number of aliphatic hydroxyl groups excluding tert-OH is 1. The molecule has 1 aliphatic heterocycles. The van der Waals surface area contributed by atoms with E-state index in [9.17, 15) is 5.11 Å². The average molecular weight is 354 g/mol. The molecule has 136 valence electrons. The molecule has 1 heterocycles. The van der Waals surface area contributed by atoms with E-state index >= 15 is 0 Å². The maximum Gasteiger partial charge on any atom is 0.125 e. The summed E-state index contributed by atoms with van der Waals surface area (Å²) in [5.41, 5.74) is 2.36. The van der Waals surface area contributed by atoms with E-state index in [1.807, 2.05) is 12.1 Å². The lowest BCUT2D eigenvalue weighted by Gasteiger charge is -2.33. The van der Waals surface area contributed by atoms with Crippen molar-refractivity contribution in [3.63, 3.8) is 0 Å². The van der Waals surface area contributed by atoms with E-state index in [0.717, 1.165) is 22.6 Å². The molecule has 1 atom stereocenters. The van der Waals surface area contributed by atoms with Crippen molar-refractivity contribution >= 4 is 0 Å². The Hall–Kier alpha value is -2.75. The van der Waals surface area contributed by atoms with Gasteiger partial charge in [-0.15, -0.1) is 0 Å². The third kappa shape index (κ3) is 3.74. The monoisotopic (exact) mass is 354 g/mol. The Labute approximate surface area is 153 Å². The largest absolute Gasteiger partial charge is 0.496 e. The van der Waals surface area contributed by atoms with Crippen molar-refractivity contribution in [2.45, 2.75) is 12.6 Å². The van der Waals surface area contributed by atoms with Gasteiger partial charge in [0.2, 0.25) is 0 Å². The van der Waals surface area contributed by atoms with Crippen LogP contribution in [0.2, 0.25) is 0 Å². The number of nitrogens with zero attached hydrogens (tertiary/aromatic N) is 2. The Balaban J connectivity index is 1.65. The molecule has 0 amide bonds. The zero-order valence-corrected chi connectivity index (χ0v) is 14.9. The molecule has 0 unspecified atom stereocenters. The maximum atomic E-state index is 10.6. The fraction of sp³-hybridized carbons (Fsp3) is 0.350. The van der Waals surface area contributed by atoms with Crippen LogP contribution in [-0.2, 0) is 6.54 Å². The summed E-state index contributed by atoms with van der Waals surface area (Å²) in [6.45, 7) is 2.31. The fourth-order valence-corrected chi connectivity index (χ4v) is 3.23. The van der Waals surface area contributed by atoms with Gasteiger partial charge in [0.25, 0.3) is 0 Å². The van der Waals surface area contributed by atoms with E-state index in [1.54, 1.807) is 38.5 Å². The third-order valence-corrected chi connectivity index (χ3v) is 4.52. The molecule has 3 rings (SSSR count). The van der Waals surface area contributed by atoms with Gasteiger partial charge in [0, 0.05) is 30.8 Å². The second kappa shape index (κ2) is 8.09. The Morgan fingerprint density at radius 1 is 1.12 bits per heavy atom. The molecule has 6 heteroatoms. The number of hydrogen-bond acceptors (Lipinski definition) is 6. The van der Waals surface area contributed by atoms with Gasteiger partial charge in [0.1, 0.15) is 23.9 Å². The second-order valence-corrected chi connectivity index (χ2v) is 6.10. The van der Waals surface area contributed by atoms with Crippen LogP contribution in [0.25, 0.3) is 0 Å². The second-order valence-electron chi connectivity index (χ2n) is 6.10. The third-order valence-electron chi connectivity index (χ3n) is 4.52. The average Bonchev–Trinajstić information content (AvgIpc) is 2.67. The van der Waals surface area contributed by atoms with Crippen LogP contribution in [0.3, 0.4) is 0 Å². The first-order chi connectivity index (χ1) is 12.7. The lowest BCUT2D eigenvalue weighted by atomic mass is 9.95. The summed E-state index contributed by atoms with van der Waals surface area (Å²) in [5.74, 6) is 2.15. The summed E-state index contributed by atoms with van der Waals surface area (Å²) in [5, 5.41) is 19.4. The predicted molar refractivity (Wildman–Crippen MR) is 96.4 cm³/mol. The van der Waals surface area contributed by atoms with Crippen molar-refractivity contribution < 1.29 is 19.3 Å². The van der Waals surface area contributed by atoms with Gasteiger partial charge in [-0.3, -0.25) is 4.90 Å². The minimum atomic E-state index is -0.640. The van der Waals surface area contributed by atoms with Gasteiger partial charge >= 0.3 is 0 Å². The van der Waals surface area contributed by atoms with Crippen molar-refractivity contribution in [3.8, 4) is 23.3 Å². The normalized spacial score (nSPS) is 16.5. The molecule has 0 radical (unpaired) electrons. The number of β-amino-alcohol motifs (C(OH)–C–C–N with tert-alkyl or cyclic N) is 1. The summed E-state index contributed by atoms with van der Waals surface area (Å²) in [4.78, 5) is 2.12. The van der Waals surface area contributed by atoms with Gasteiger partial charge in [-0.25, -0.2) is 0 Å². The van der Waals surface area contributed by atoms with Crippen LogP contribution < -0.4 is 14.2 Å². The molecule has 6 nitrogen and oxygen atoms in total.